The molecule has 0 amide bonds. The van der Waals surface area contributed by atoms with Gasteiger partial charge in [-0.3, -0.25) is 0 Å². The molecule has 1 aliphatic rings. The average Bonchev–Trinajstić information content (AvgIpc) is 2.64. The van der Waals surface area contributed by atoms with Crippen LogP contribution in [0.2, 0.25) is 0 Å². The summed E-state index contributed by atoms with van der Waals surface area (Å²) in [5, 5.41) is 2.48. The maximum atomic E-state index is 11.0. The SMILES string of the molecule is O=CC1Cc2ccc(Br)c3cccc1c23. The highest BCUT2D eigenvalue weighted by Crippen LogP contribution is 2.39. The molecule has 1 nitrogen and oxygen atoms in total. The number of rotatable bonds is 1. The number of aldehydes is 1. The molecule has 15 heavy (non-hydrogen) atoms. The molecule has 0 aromatic heterocycles. The van der Waals surface area contributed by atoms with Crippen LogP contribution in [0.5, 0.6) is 0 Å². The summed E-state index contributed by atoms with van der Waals surface area (Å²) in [6.07, 6.45) is 1.91. The standard InChI is InChI=1S/C13H9BrO/c14-12-5-4-8-6-9(7-15)10-2-1-3-11(12)13(8)10/h1-5,7,9H,6H2. The number of benzene rings is 2. The Balaban J connectivity index is 2.45. The summed E-state index contributed by atoms with van der Waals surface area (Å²) in [5.74, 6) is 0.0537. The lowest BCUT2D eigenvalue weighted by atomic mass is 10.0. The van der Waals surface area contributed by atoms with E-state index in [0.29, 0.717) is 0 Å². The molecule has 3 rings (SSSR count). The minimum Gasteiger partial charge on any atom is -0.303 e. The van der Waals surface area contributed by atoms with Gasteiger partial charge in [-0.2, -0.15) is 0 Å². The third-order valence-corrected chi connectivity index (χ3v) is 3.80. The van der Waals surface area contributed by atoms with Crippen LogP contribution >= 0.6 is 15.9 Å². The van der Waals surface area contributed by atoms with Gasteiger partial charge in [-0.15, -0.1) is 0 Å². The summed E-state index contributed by atoms with van der Waals surface area (Å²) in [6, 6.07) is 10.4. The Morgan fingerprint density at radius 3 is 2.93 bits per heavy atom. The van der Waals surface area contributed by atoms with Crippen LogP contribution in [0.3, 0.4) is 0 Å². The molecular weight excluding hydrogens is 252 g/mol. The lowest BCUT2D eigenvalue weighted by Gasteiger charge is -2.04. The normalized spacial score (nSPS) is 18.3. The largest absolute Gasteiger partial charge is 0.303 e. The fourth-order valence-electron chi connectivity index (χ4n) is 2.42. The zero-order valence-corrected chi connectivity index (χ0v) is 9.62. The molecule has 1 aliphatic carbocycles. The van der Waals surface area contributed by atoms with Gasteiger partial charge in [0.2, 0.25) is 0 Å². The van der Waals surface area contributed by atoms with Crippen molar-refractivity contribution < 1.29 is 4.79 Å². The molecule has 0 saturated heterocycles. The van der Waals surface area contributed by atoms with Crippen LogP contribution in [0, 0.1) is 0 Å². The molecule has 0 aliphatic heterocycles. The fraction of sp³-hybridized carbons (Fsp3) is 0.154. The third-order valence-electron chi connectivity index (χ3n) is 3.11. The van der Waals surface area contributed by atoms with E-state index in [4.69, 9.17) is 0 Å². The van der Waals surface area contributed by atoms with Crippen molar-refractivity contribution in [1.29, 1.82) is 0 Å². The predicted molar refractivity (Wildman–Crippen MR) is 64.2 cm³/mol. The second-order valence-corrected chi connectivity index (χ2v) is 4.78. The first kappa shape index (κ1) is 9.10. The Labute approximate surface area is 96.2 Å². The first-order chi connectivity index (χ1) is 7.31. The van der Waals surface area contributed by atoms with Crippen molar-refractivity contribution in [3.05, 3.63) is 45.9 Å². The lowest BCUT2D eigenvalue weighted by Crippen LogP contribution is -1.96. The van der Waals surface area contributed by atoms with Crippen molar-refractivity contribution in [3.8, 4) is 0 Å². The van der Waals surface area contributed by atoms with Gasteiger partial charge in [-0.05, 0) is 34.4 Å². The van der Waals surface area contributed by atoms with Gasteiger partial charge in [-0.1, -0.05) is 40.2 Å². The summed E-state index contributed by atoms with van der Waals surface area (Å²) in [5.41, 5.74) is 2.47. The van der Waals surface area contributed by atoms with Crippen LogP contribution in [0.1, 0.15) is 17.0 Å². The minimum atomic E-state index is 0.0537. The molecule has 0 fully saturated rings. The van der Waals surface area contributed by atoms with Gasteiger partial charge < -0.3 is 4.79 Å². The third kappa shape index (κ3) is 1.18. The smallest absolute Gasteiger partial charge is 0.127 e. The molecule has 2 aromatic carbocycles. The molecular formula is C13H9BrO. The first-order valence-corrected chi connectivity index (χ1v) is 5.76. The molecule has 2 aromatic rings. The van der Waals surface area contributed by atoms with E-state index in [9.17, 15) is 4.79 Å². The van der Waals surface area contributed by atoms with Gasteiger partial charge in [0, 0.05) is 10.4 Å². The van der Waals surface area contributed by atoms with Crippen molar-refractivity contribution in [2.24, 2.45) is 0 Å². The number of carbonyl (C=O) groups is 1. The van der Waals surface area contributed by atoms with Crippen molar-refractivity contribution in [2.45, 2.75) is 12.3 Å². The highest BCUT2D eigenvalue weighted by atomic mass is 79.9. The zero-order valence-electron chi connectivity index (χ0n) is 8.03. The minimum absolute atomic E-state index is 0.0537. The second kappa shape index (κ2) is 3.17. The predicted octanol–water partition coefficient (Wildman–Crippen LogP) is 3.44. The van der Waals surface area contributed by atoms with Crippen LogP contribution in [0.15, 0.2) is 34.8 Å². The van der Waals surface area contributed by atoms with Crippen molar-refractivity contribution in [3.63, 3.8) is 0 Å². The zero-order chi connectivity index (χ0) is 10.4. The number of hydrogen-bond donors (Lipinski definition) is 0. The summed E-state index contributed by atoms with van der Waals surface area (Å²) in [4.78, 5) is 11.0. The molecule has 0 radical (unpaired) electrons. The monoisotopic (exact) mass is 260 g/mol. The Kier molecular flexibility index (Phi) is 1.93. The van der Waals surface area contributed by atoms with Crippen LogP contribution < -0.4 is 0 Å². The summed E-state index contributed by atoms with van der Waals surface area (Å²) in [7, 11) is 0. The molecule has 0 bridgehead atoms. The molecule has 74 valence electrons. The molecule has 0 heterocycles. The highest BCUT2D eigenvalue weighted by molar-refractivity contribution is 9.10. The van der Waals surface area contributed by atoms with Crippen LogP contribution in [-0.4, -0.2) is 6.29 Å². The maximum Gasteiger partial charge on any atom is 0.127 e. The fourth-order valence-corrected chi connectivity index (χ4v) is 2.88. The maximum absolute atomic E-state index is 11.0. The van der Waals surface area contributed by atoms with Gasteiger partial charge in [0.1, 0.15) is 6.29 Å². The first-order valence-electron chi connectivity index (χ1n) is 4.96. The molecule has 1 unspecified atom stereocenters. The molecule has 0 spiro atoms. The van der Waals surface area contributed by atoms with E-state index in [1.165, 1.54) is 21.9 Å². The van der Waals surface area contributed by atoms with Gasteiger partial charge in [0.15, 0.2) is 0 Å². The van der Waals surface area contributed by atoms with E-state index in [2.05, 4.69) is 40.2 Å². The van der Waals surface area contributed by atoms with Gasteiger partial charge in [0.05, 0.1) is 0 Å². The number of hydrogen-bond acceptors (Lipinski definition) is 1. The molecule has 2 heteroatoms. The topological polar surface area (TPSA) is 17.1 Å². The summed E-state index contributed by atoms with van der Waals surface area (Å²) in [6.45, 7) is 0. The Bertz CT molecular complexity index is 560. The van der Waals surface area contributed by atoms with Crippen molar-refractivity contribution >= 4 is 33.0 Å². The van der Waals surface area contributed by atoms with Crippen LogP contribution in [0.25, 0.3) is 10.8 Å². The summed E-state index contributed by atoms with van der Waals surface area (Å²) >= 11 is 3.55. The van der Waals surface area contributed by atoms with E-state index in [0.717, 1.165) is 17.2 Å². The highest BCUT2D eigenvalue weighted by Gasteiger charge is 2.24. The van der Waals surface area contributed by atoms with Crippen molar-refractivity contribution in [2.75, 3.05) is 0 Å². The summed E-state index contributed by atoms with van der Waals surface area (Å²) < 4.78 is 1.11. The quantitative estimate of drug-likeness (QED) is 0.718. The van der Waals surface area contributed by atoms with E-state index in [1.54, 1.807) is 0 Å². The van der Waals surface area contributed by atoms with E-state index >= 15 is 0 Å². The lowest BCUT2D eigenvalue weighted by molar-refractivity contribution is -0.108. The second-order valence-electron chi connectivity index (χ2n) is 3.92. The van der Waals surface area contributed by atoms with Crippen molar-refractivity contribution in [1.82, 2.24) is 0 Å². The molecule has 0 saturated carbocycles. The van der Waals surface area contributed by atoms with Gasteiger partial charge in [0.25, 0.3) is 0 Å². The molecule has 1 atom stereocenters. The van der Waals surface area contributed by atoms with Gasteiger partial charge >= 0.3 is 0 Å². The molecule has 0 N–H and O–H groups in total. The van der Waals surface area contributed by atoms with E-state index < -0.39 is 0 Å². The van der Waals surface area contributed by atoms with E-state index in [1.807, 2.05) is 6.07 Å². The Morgan fingerprint density at radius 1 is 1.27 bits per heavy atom. The average molecular weight is 261 g/mol. The van der Waals surface area contributed by atoms with Gasteiger partial charge in [-0.25, -0.2) is 0 Å². The van der Waals surface area contributed by atoms with Crippen LogP contribution in [0.4, 0.5) is 0 Å². The van der Waals surface area contributed by atoms with Crippen LogP contribution in [-0.2, 0) is 11.2 Å². The van der Waals surface area contributed by atoms with E-state index in [-0.39, 0.29) is 5.92 Å². The number of halogens is 1. The number of carbonyl (C=O) groups excluding carboxylic acids is 1. The Morgan fingerprint density at radius 2 is 2.13 bits per heavy atom. The Hall–Kier alpha value is -1.15.